The number of carbonyl (C=O) groups excluding carboxylic acids is 3. The van der Waals surface area contributed by atoms with Gasteiger partial charge in [-0.25, -0.2) is 0 Å². The van der Waals surface area contributed by atoms with Crippen molar-refractivity contribution in [2.45, 2.75) is 39.2 Å². The van der Waals surface area contributed by atoms with Crippen LogP contribution in [-0.4, -0.2) is 37.0 Å². The van der Waals surface area contributed by atoms with Crippen molar-refractivity contribution in [2.75, 3.05) is 13.2 Å². The van der Waals surface area contributed by atoms with Crippen LogP contribution < -0.4 is 10.6 Å². The van der Waals surface area contributed by atoms with Crippen LogP contribution in [0.2, 0.25) is 0 Å². The lowest BCUT2D eigenvalue weighted by molar-refractivity contribution is -0.147. The van der Waals surface area contributed by atoms with E-state index in [2.05, 4.69) is 24.5 Å². The van der Waals surface area contributed by atoms with E-state index in [4.69, 9.17) is 4.74 Å². The van der Waals surface area contributed by atoms with Crippen LogP contribution in [0.25, 0.3) is 11.1 Å². The van der Waals surface area contributed by atoms with E-state index in [1.807, 2.05) is 42.5 Å². The van der Waals surface area contributed by atoms with Gasteiger partial charge in [-0.2, -0.15) is 0 Å². The van der Waals surface area contributed by atoms with Gasteiger partial charge in [-0.3, -0.25) is 14.4 Å². The summed E-state index contributed by atoms with van der Waals surface area (Å²) in [5.41, 5.74) is 2.52. The van der Waals surface area contributed by atoms with Gasteiger partial charge >= 0.3 is 5.97 Å². The Bertz CT molecular complexity index is 895. The molecule has 3 atom stereocenters. The molecule has 1 aliphatic rings. The number of amides is 2. The van der Waals surface area contributed by atoms with Crippen LogP contribution in [0, 0.1) is 11.8 Å². The van der Waals surface area contributed by atoms with Gasteiger partial charge in [-0.05, 0) is 41.5 Å². The van der Waals surface area contributed by atoms with Crippen molar-refractivity contribution in [3.05, 3.63) is 60.2 Å². The lowest BCUT2D eigenvalue weighted by Gasteiger charge is -2.34. The number of benzene rings is 2. The van der Waals surface area contributed by atoms with E-state index >= 15 is 0 Å². The van der Waals surface area contributed by atoms with Gasteiger partial charge in [-0.15, -0.1) is 0 Å². The Morgan fingerprint density at radius 1 is 0.935 bits per heavy atom. The van der Waals surface area contributed by atoms with Crippen molar-refractivity contribution in [1.29, 1.82) is 0 Å². The van der Waals surface area contributed by atoms with E-state index < -0.39 is 5.97 Å². The Morgan fingerprint density at radius 3 is 2.32 bits per heavy atom. The average Bonchev–Trinajstić information content (AvgIpc) is 2.80. The molecule has 31 heavy (non-hydrogen) atoms. The highest BCUT2D eigenvalue weighted by atomic mass is 16.5. The predicted octanol–water partition coefficient (Wildman–Crippen LogP) is 3.57. The normalized spacial score (nSPS) is 20.5. The molecular weight excluding hydrogens is 392 g/mol. The van der Waals surface area contributed by atoms with Crippen molar-refractivity contribution in [1.82, 2.24) is 10.6 Å². The Balaban J connectivity index is 1.40. The second-order valence-electron chi connectivity index (χ2n) is 8.23. The summed E-state index contributed by atoms with van der Waals surface area (Å²) in [4.78, 5) is 36.3. The fourth-order valence-corrected chi connectivity index (χ4v) is 3.93. The van der Waals surface area contributed by atoms with Crippen LogP contribution in [0.4, 0.5) is 0 Å². The monoisotopic (exact) mass is 422 g/mol. The van der Waals surface area contributed by atoms with Gasteiger partial charge in [-0.1, -0.05) is 69.2 Å². The summed E-state index contributed by atoms with van der Waals surface area (Å²) in [6.07, 6.45) is 3.22. The summed E-state index contributed by atoms with van der Waals surface area (Å²) >= 11 is 0. The molecule has 0 heterocycles. The summed E-state index contributed by atoms with van der Waals surface area (Å²) in [6.45, 7) is 3.71. The Labute approximate surface area is 183 Å². The number of nitrogens with one attached hydrogen (secondary N) is 2. The summed E-state index contributed by atoms with van der Waals surface area (Å²) in [5, 5.41) is 5.49. The lowest BCUT2D eigenvalue weighted by Crippen LogP contribution is -2.45. The summed E-state index contributed by atoms with van der Waals surface area (Å²) in [7, 11) is 0. The van der Waals surface area contributed by atoms with Crippen molar-refractivity contribution >= 4 is 17.8 Å². The minimum absolute atomic E-state index is 0.119. The zero-order chi connectivity index (χ0) is 22.2. The largest absolute Gasteiger partial charge is 0.454 e. The topological polar surface area (TPSA) is 84.5 Å². The van der Waals surface area contributed by atoms with Gasteiger partial charge < -0.3 is 15.4 Å². The van der Waals surface area contributed by atoms with Crippen LogP contribution in [-0.2, 0) is 14.3 Å². The standard InChI is InChI=1S/C25H30N2O4/c1-17-7-6-10-22(18(17)2)27-23(28)16-31-24(29)15-26-25(30)21-13-11-20(12-14-21)19-8-4-3-5-9-19/h3-5,8-9,11-14,17-18,22H,6-7,10,15-16H2,1-2H3,(H,26,30)(H,27,28). The summed E-state index contributed by atoms with van der Waals surface area (Å²) in [5.74, 6) is -0.345. The van der Waals surface area contributed by atoms with Crippen molar-refractivity contribution in [3.63, 3.8) is 0 Å². The number of esters is 1. The molecule has 1 saturated carbocycles. The second-order valence-corrected chi connectivity index (χ2v) is 8.23. The fraction of sp³-hybridized carbons (Fsp3) is 0.400. The molecule has 3 rings (SSSR count). The number of carbonyl (C=O) groups is 3. The molecule has 2 aromatic carbocycles. The van der Waals surface area contributed by atoms with Gasteiger partial charge in [0.05, 0.1) is 0 Å². The highest BCUT2D eigenvalue weighted by Gasteiger charge is 2.28. The molecule has 0 aliphatic heterocycles. The first kappa shape index (κ1) is 22.5. The zero-order valence-electron chi connectivity index (χ0n) is 18.1. The highest BCUT2D eigenvalue weighted by Crippen LogP contribution is 2.29. The summed E-state index contributed by atoms with van der Waals surface area (Å²) < 4.78 is 5.00. The Kier molecular flexibility index (Phi) is 7.82. The third kappa shape index (κ3) is 6.41. The van der Waals surface area contributed by atoms with Gasteiger partial charge in [0.1, 0.15) is 6.54 Å². The Hall–Kier alpha value is -3.15. The summed E-state index contributed by atoms with van der Waals surface area (Å²) in [6, 6.07) is 17.1. The molecule has 2 N–H and O–H groups in total. The quantitative estimate of drug-likeness (QED) is 0.668. The first-order valence-electron chi connectivity index (χ1n) is 10.8. The third-order valence-corrected chi connectivity index (χ3v) is 6.06. The maximum Gasteiger partial charge on any atom is 0.325 e. The molecule has 0 spiro atoms. The second kappa shape index (κ2) is 10.8. The SMILES string of the molecule is CC1CCCC(NC(=O)COC(=O)CNC(=O)c2ccc(-c3ccccc3)cc2)C1C. The molecule has 0 bridgehead atoms. The minimum Gasteiger partial charge on any atom is -0.454 e. The lowest BCUT2D eigenvalue weighted by atomic mass is 9.78. The van der Waals surface area contributed by atoms with E-state index in [9.17, 15) is 14.4 Å². The van der Waals surface area contributed by atoms with Crippen LogP contribution >= 0.6 is 0 Å². The van der Waals surface area contributed by atoms with Gasteiger partial charge in [0.2, 0.25) is 0 Å². The average molecular weight is 423 g/mol. The molecule has 0 saturated heterocycles. The molecule has 164 valence electrons. The molecule has 1 fully saturated rings. The van der Waals surface area contributed by atoms with Crippen molar-refractivity contribution < 1.29 is 19.1 Å². The first-order chi connectivity index (χ1) is 14.9. The molecule has 0 radical (unpaired) electrons. The maximum atomic E-state index is 12.3. The van der Waals surface area contributed by atoms with Gasteiger partial charge in [0.15, 0.2) is 6.61 Å². The molecule has 2 amide bonds. The molecular formula is C25H30N2O4. The van der Waals surface area contributed by atoms with Crippen molar-refractivity contribution in [3.8, 4) is 11.1 Å². The molecule has 6 nitrogen and oxygen atoms in total. The number of rotatable bonds is 7. The molecule has 2 aromatic rings. The smallest absolute Gasteiger partial charge is 0.325 e. The van der Waals surface area contributed by atoms with Crippen LogP contribution in [0.15, 0.2) is 54.6 Å². The van der Waals surface area contributed by atoms with E-state index in [0.29, 0.717) is 17.4 Å². The van der Waals surface area contributed by atoms with E-state index in [1.54, 1.807) is 12.1 Å². The van der Waals surface area contributed by atoms with Crippen LogP contribution in [0.1, 0.15) is 43.5 Å². The highest BCUT2D eigenvalue weighted by molar-refractivity contribution is 5.96. The molecule has 1 aliphatic carbocycles. The van der Waals surface area contributed by atoms with Crippen LogP contribution in [0.5, 0.6) is 0 Å². The van der Waals surface area contributed by atoms with Gasteiger partial charge in [0, 0.05) is 11.6 Å². The first-order valence-corrected chi connectivity index (χ1v) is 10.8. The number of hydrogen-bond acceptors (Lipinski definition) is 4. The third-order valence-electron chi connectivity index (χ3n) is 6.06. The van der Waals surface area contributed by atoms with Crippen LogP contribution in [0.3, 0.4) is 0 Å². The van der Waals surface area contributed by atoms with Crippen molar-refractivity contribution in [2.24, 2.45) is 11.8 Å². The predicted molar refractivity (Wildman–Crippen MR) is 119 cm³/mol. The fourth-order valence-electron chi connectivity index (χ4n) is 3.93. The maximum absolute atomic E-state index is 12.3. The van der Waals surface area contributed by atoms with E-state index in [-0.39, 0.29) is 31.0 Å². The van der Waals surface area contributed by atoms with E-state index in [0.717, 1.165) is 24.0 Å². The number of ether oxygens (including phenoxy) is 1. The zero-order valence-corrected chi connectivity index (χ0v) is 18.1. The van der Waals surface area contributed by atoms with E-state index in [1.165, 1.54) is 6.42 Å². The number of hydrogen-bond donors (Lipinski definition) is 2. The molecule has 3 unspecified atom stereocenters. The minimum atomic E-state index is -0.644. The molecule has 6 heteroatoms. The Morgan fingerprint density at radius 2 is 1.61 bits per heavy atom. The molecule has 0 aromatic heterocycles. The van der Waals surface area contributed by atoms with Gasteiger partial charge in [0.25, 0.3) is 11.8 Å².